The van der Waals surface area contributed by atoms with Gasteiger partial charge in [-0.15, -0.1) is 0 Å². The van der Waals surface area contributed by atoms with Crippen LogP contribution < -0.4 is 4.90 Å². The third-order valence-corrected chi connectivity index (χ3v) is 2.91. The van der Waals surface area contributed by atoms with Crippen LogP contribution in [0.25, 0.3) is 0 Å². The summed E-state index contributed by atoms with van der Waals surface area (Å²) in [7, 11) is 1.99. The minimum Gasteiger partial charge on any atom is -0.372 e. The van der Waals surface area contributed by atoms with Gasteiger partial charge >= 0.3 is 0 Å². The highest BCUT2D eigenvalue weighted by Crippen LogP contribution is 2.16. The summed E-state index contributed by atoms with van der Waals surface area (Å²) in [5.41, 5.74) is 2.85. The van der Waals surface area contributed by atoms with Gasteiger partial charge in [0.1, 0.15) is 6.07 Å². The molecule has 0 saturated heterocycles. The van der Waals surface area contributed by atoms with Crippen LogP contribution in [0.5, 0.6) is 0 Å². The summed E-state index contributed by atoms with van der Waals surface area (Å²) in [6, 6.07) is 14.3. The number of hydrogen-bond acceptors (Lipinski definition) is 3. The van der Waals surface area contributed by atoms with Gasteiger partial charge in [0.15, 0.2) is 0 Å². The molecule has 2 aromatic rings. The van der Waals surface area contributed by atoms with E-state index in [-0.39, 0.29) is 0 Å². The number of nitrogens with zero attached hydrogens (tertiary/aromatic N) is 3. The van der Waals surface area contributed by atoms with E-state index in [2.05, 4.69) is 28.1 Å². The van der Waals surface area contributed by atoms with E-state index in [4.69, 9.17) is 5.26 Å². The second-order valence-corrected chi connectivity index (χ2v) is 4.16. The predicted octanol–water partition coefficient (Wildman–Crippen LogP) is 2.63. The molecule has 0 aliphatic carbocycles. The van der Waals surface area contributed by atoms with Crippen LogP contribution in [-0.2, 0) is 6.42 Å². The van der Waals surface area contributed by atoms with E-state index in [1.165, 1.54) is 5.56 Å². The van der Waals surface area contributed by atoms with Crippen LogP contribution in [-0.4, -0.2) is 18.6 Å². The fraction of sp³-hybridized carbons (Fsp3) is 0.200. The number of benzene rings is 1. The van der Waals surface area contributed by atoms with Gasteiger partial charge in [-0.1, -0.05) is 30.3 Å². The first-order valence-corrected chi connectivity index (χ1v) is 5.90. The molecule has 3 heteroatoms. The van der Waals surface area contributed by atoms with Crippen molar-refractivity contribution in [2.75, 3.05) is 18.5 Å². The lowest BCUT2D eigenvalue weighted by Crippen LogP contribution is -2.21. The Labute approximate surface area is 107 Å². The topological polar surface area (TPSA) is 39.9 Å². The zero-order chi connectivity index (χ0) is 12.8. The molecule has 0 unspecified atom stereocenters. The number of pyridine rings is 1. The van der Waals surface area contributed by atoms with Crippen LogP contribution in [0.3, 0.4) is 0 Å². The van der Waals surface area contributed by atoms with E-state index in [0.29, 0.717) is 5.56 Å². The zero-order valence-corrected chi connectivity index (χ0v) is 10.4. The van der Waals surface area contributed by atoms with E-state index in [1.807, 2.05) is 25.2 Å². The van der Waals surface area contributed by atoms with Crippen molar-refractivity contribution in [3.8, 4) is 6.07 Å². The van der Waals surface area contributed by atoms with Gasteiger partial charge in [0.05, 0.1) is 17.4 Å². The Morgan fingerprint density at radius 2 is 2.00 bits per heavy atom. The largest absolute Gasteiger partial charge is 0.372 e. The Morgan fingerprint density at radius 3 is 2.72 bits per heavy atom. The van der Waals surface area contributed by atoms with Gasteiger partial charge < -0.3 is 4.90 Å². The SMILES string of the molecule is CN(CCc1ccccc1)c1cnccc1C#N. The molecule has 0 atom stereocenters. The summed E-state index contributed by atoms with van der Waals surface area (Å²) in [5, 5.41) is 9.05. The van der Waals surface area contributed by atoms with Crippen molar-refractivity contribution in [2.24, 2.45) is 0 Å². The molecule has 0 aliphatic heterocycles. The standard InChI is InChI=1S/C15H15N3/c1-18(10-8-13-5-3-2-4-6-13)15-12-17-9-7-14(15)11-16/h2-7,9,12H,8,10H2,1H3. The predicted molar refractivity (Wildman–Crippen MR) is 72.4 cm³/mol. The van der Waals surface area contributed by atoms with Gasteiger partial charge in [0.2, 0.25) is 0 Å². The lowest BCUT2D eigenvalue weighted by molar-refractivity contribution is 0.872. The molecular weight excluding hydrogens is 222 g/mol. The molecule has 0 bridgehead atoms. The minimum atomic E-state index is 0.667. The van der Waals surface area contributed by atoms with E-state index < -0.39 is 0 Å². The highest BCUT2D eigenvalue weighted by atomic mass is 15.1. The molecule has 0 aliphatic rings. The number of hydrogen-bond donors (Lipinski definition) is 0. The van der Waals surface area contributed by atoms with Crippen molar-refractivity contribution in [1.29, 1.82) is 5.26 Å². The molecule has 0 amide bonds. The summed E-state index contributed by atoms with van der Waals surface area (Å²) < 4.78 is 0. The molecule has 1 aromatic carbocycles. The first kappa shape index (κ1) is 12.1. The number of likely N-dealkylation sites (N-methyl/N-ethyl adjacent to an activating group) is 1. The molecule has 18 heavy (non-hydrogen) atoms. The minimum absolute atomic E-state index is 0.667. The summed E-state index contributed by atoms with van der Waals surface area (Å²) in [6.45, 7) is 0.865. The van der Waals surface area contributed by atoms with Crippen LogP contribution >= 0.6 is 0 Å². The molecule has 2 rings (SSSR count). The molecule has 0 N–H and O–H groups in total. The first-order chi connectivity index (χ1) is 8.81. The zero-order valence-electron chi connectivity index (χ0n) is 10.4. The van der Waals surface area contributed by atoms with E-state index in [0.717, 1.165) is 18.7 Å². The lowest BCUT2D eigenvalue weighted by Gasteiger charge is -2.19. The Morgan fingerprint density at radius 1 is 1.22 bits per heavy atom. The van der Waals surface area contributed by atoms with Gasteiger partial charge in [-0.25, -0.2) is 0 Å². The van der Waals surface area contributed by atoms with Crippen LogP contribution in [0.1, 0.15) is 11.1 Å². The quantitative estimate of drug-likeness (QED) is 0.820. The maximum Gasteiger partial charge on any atom is 0.101 e. The van der Waals surface area contributed by atoms with Crippen LogP contribution in [0.2, 0.25) is 0 Å². The maximum atomic E-state index is 9.05. The first-order valence-electron chi connectivity index (χ1n) is 5.90. The average molecular weight is 237 g/mol. The molecule has 3 nitrogen and oxygen atoms in total. The van der Waals surface area contributed by atoms with Crippen LogP contribution in [0, 0.1) is 11.3 Å². The average Bonchev–Trinajstić information content (AvgIpc) is 2.45. The summed E-state index contributed by atoms with van der Waals surface area (Å²) in [4.78, 5) is 6.14. The fourth-order valence-corrected chi connectivity index (χ4v) is 1.85. The molecule has 0 radical (unpaired) electrons. The van der Waals surface area contributed by atoms with E-state index >= 15 is 0 Å². The lowest BCUT2D eigenvalue weighted by atomic mass is 10.1. The molecule has 1 heterocycles. The van der Waals surface area contributed by atoms with Gasteiger partial charge in [-0.3, -0.25) is 4.98 Å². The van der Waals surface area contributed by atoms with Crippen LogP contribution in [0.15, 0.2) is 48.8 Å². The summed E-state index contributed by atoms with van der Waals surface area (Å²) in [6.07, 6.45) is 4.34. The Balaban J connectivity index is 2.04. The summed E-state index contributed by atoms with van der Waals surface area (Å²) in [5.74, 6) is 0. The molecular formula is C15H15N3. The third kappa shape index (κ3) is 2.86. The molecule has 0 spiro atoms. The normalized spacial score (nSPS) is 9.78. The molecule has 90 valence electrons. The third-order valence-electron chi connectivity index (χ3n) is 2.91. The van der Waals surface area contributed by atoms with Crippen molar-refractivity contribution >= 4 is 5.69 Å². The molecule has 0 saturated carbocycles. The van der Waals surface area contributed by atoms with Crippen molar-refractivity contribution in [3.05, 3.63) is 59.9 Å². The highest BCUT2D eigenvalue weighted by molar-refractivity contribution is 5.57. The van der Waals surface area contributed by atoms with Gasteiger partial charge in [0, 0.05) is 19.8 Å². The van der Waals surface area contributed by atoms with Gasteiger partial charge in [0.25, 0.3) is 0 Å². The van der Waals surface area contributed by atoms with Gasteiger partial charge in [-0.2, -0.15) is 5.26 Å². The van der Waals surface area contributed by atoms with Gasteiger partial charge in [-0.05, 0) is 18.1 Å². The highest BCUT2D eigenvalue weighted by Gasteiger charge is 2.06. The summed E-state index contributed by atoms with van der Waals surface area (Å²) >= 11 is 0. The Hall–Kier alpha value is -2.34. The Kier molecular flexibility index (Phi) is 3.93. The van der Waals surface area contributed by atoms with Crippen molar-refractivity contribution in [1.82, 2.24) is 4.98 Å². The van der Waals surface area contributed by atoms with Crippen molar-refractivity contribution in [2.45, 2.75) is 6.42 Å². The fourth-order valence-electron chi connectivity index (χ4n) is 1.85. The Bertz CT molecular complexity index is 543. The second-order valence-electron chi connectivity index (χ2n) is 4.16. The number of rotatable bonds is 4. The van der Waals surface area contributed by atoms with Crippen molar-refractivity contribution < 1.29 is 0 Å². The monoisotopic (exact) mass is 237 g/mol. The number of aromatic nitrogens is 1. The smallest absolute Gasteiger partial charge is 0.101 e. The maximum absolute atomic E-state index is 9.05. The second kappa shape index (κ2) is 5.83. The number of nitriles is 1. The molecule has 0 fully saturated rings. The van der Waals surface area contributed by atoms with Crippen LogP contribution in [0.4, 0.5) is 5.69 Å². The molecule has 1 aromatic heterocycles. The van der Waals surface area contributed by atoms with E-state index in [9.17, 15) is 0 Å². The number of anilines is 1. The van der Waals surface area contributed by atoms with E-state index in [1.54, 1.807) is 18.5 Å². The van der Waals surface area contributed by atoms with Crippen molar-refractivity contribution in [3.63, 3.8) is 0 Å².